The van der Waals surface area contributed by atoms with Gasteiger partial charge in [0.25, 0.3) is 10.0 Å². The summed E-state index contributed by atoms with van der Waals surface area (Å²) in [6.45, 7) is 0.703. The number of halogens is 1. The van der Waals surface area contributed by atoms with Crippen LogP contribution >= 0.6 is 0 Å². The topological polar surface area (TPSA) is 106 Å². The highest BCUT2D eigenvalue weighted by molar-refractivity contribution is 7.92. The Balaban J connectivity index is 1.47. The first kappa shape index (κ1) is 19.7. The van der Waals surface area contributed by atoms with E-state index in [1.165, 1.54) is 30.3 Å². The Kier molecular flexibility index (Phi) is 4.73. The number of anilines is 2. The van der Waals surface area contributed by atoms with Crippen molar-refractivity contribution in [2.24, 2.45) is 0 Å². The molecule has 3 heterocycles. The maximum atomic E-state index is 14.6. The number of nitrogens with one attached hydrogen (secondary N) is 2. The standard InChI is InChI=1S/C21H20FN5O3S/c22-17-7-5-14(12-16(17)21-25-24-19-4-2-1-3-9-27(19)21)26-31(29,30)15-6-8-18-13(10-15)11-20(28)23-18/h5-8,10,12,26H,1-4,9,11H2,(H,23,28). The third kappa shape index (κ3) is 3.67. The highest BCUT2D eigenvalue weighted by Gasteiger charge is 2.23. The van der Waals surface area contributed by atoms with Crippen LogP contribution in [0.4, 0.5) is 15.8 Å². The van der Waals surface area contributed by atoms with Crippen LogP contribution in [0.3, 0.4) is 0 Å². The Hall–Kier alpha value is -3.27. The quantitative estimate of drug-likeness (QED) is 0.647. The minimum absolute atomic E-state index is 0.0324. The molecule has 3 aromatic rings. The van der Waals surface area contributed by atoms with E-state index in [0.717, 1.165) is 31.5 Å². The number of aromatic nitrogens is 3. The molecule has 2 aliphatic rings. The van der Waals surface area contributed by atoms with E-state index in [1.54, 1.807) is 6.07 Å². The van der Waals surface area contributed by atoms with Crippen molar-refractivity contribution in [2.75, 3.05) is 10.0 Å². The lowest BCUT2D eigenvalue weighted by Gasteiger charge is -2.12. The predicted octanol–water partition coefficient (Wildman–Crippen LogP) is 3.11. The van der Waals surface area contributed by atoms with Crippen LogP contribution in [-0.4, -0.2) is 29.1 Å². The molecule has 0 aliphatic carbocycles. The van der Waals surface area contributed by atoms with Crippen molar-refractivity contribution in [1.29, 1.82) is 0 Å². The molecule has 0 atom stereocenters. The number of amides is 1. The molecule has 0 saturated heterocycles. The highest BCUT2D eigenvalue weighted by atomic mass is 32.2. The first-order chi connectivity index (χ1) is 14.9. The molecule has 10 heteroatoms. The lowest BCUT2D eigenvalue weighted by Crippen LogP contribution is -2.13. The molecule has 0 radical (unpaired) electrons. The SMILES string of the molecule is O=C1Cc2cc(S(=O)(=O)Nc3ccc(F)c(-c4nnc5n4CCCCC5)c3)ccc2N1. The van der Waals surface area contributed by atoms with Crippen molar-refractivity contribution in [1.82, 2.24) is 14.8 Å². The van der Waals surface area contributed by atoms with E-state index in [1.807, 2.05) is 4.57 Å². The van der Waals surface area contributed by atoms with Crippen molar-refractivity contribution < 1.29 is 17.6 Å². The second-order valence-corrected chi connectivity index (χ2v) is 9.43. The van der Waals surface area contributed by atoms with Gasteiger partial charge in [-0.2, -0.15) is 0 Å². The van der Waals surface area contributed by atoms with E-state index in [4.69, 9.17) is 0 Å². The van der Waals surface area contributed by atoms with Gasteiger partial charge < -0.3 is 9.88 Å². The molecule has 0 spiro atoms. The monoisotopic (exact) mass is 441 g/mol. The fourth-order valence-corrected chi connectivity index (χ4v) is 5.13. The van der Waals surface area contributed by atoms with Crippen LogP contribution in [0.2, 0.25) is 0 Å². The Morgan fingerprint density at radius 2 is 1.94 bits per heavy atom. The van der Waals surface area contributed by atoms with Gasteiger partial charge in [0.2, 0.25) is 5.91 Å². The summed E-state index contributed by atoms with van der Waals surface area (Å²) >= 11 is 0. The number of rotatable bonds is 4. The van der Waals surface area contributed by atoms with Gasteiger partial charge in [0.15, 0.2) is 5.82 Å². The second-order valence-electron chi connectivity index (χ2n) is 7.75. The molecule has 5 rings (SSSR count). The lowest BCUT2D eigenvalue weighted by molar-refractivity contribution is -0.115. The van der Waals surface area contributed by atoms with Crippen LogP contribution in [0.1, 0.15) is 30.7 Å². The van der Waals surface area contributed by atoms with Gasteiger partial charge in [-0.25, -0.2) is 12.8 Å². The number of hydrogen-bond acceptors (Lipinski definition) is 5. The van der Waals surface area contributed by atoms with Gasteiger partial charge >= 0.3 is 0 Å². The van der Waals surface area contributed by atoms with Crippen LogP contribution in [0.5, 0.6) is 0 Å². The number of sulfonamides is 1. The minimum atomic E-state index is -3.93. The van der Waals surface area contributed by atoms with E-state index in [9.17, 15) is 17.6 Å². The average Bonchev–Trinajstić information content (AvgIpc) is 3.22. The molecule has 2 aliphatic heterocycles. The van der Waals surface area contributed by atoms with Gasteiger partial charge in [0, 0.05) is 24.3 Å². The summed E-state index contributed by atoms with van der Waals surface area (Å²) in [5.41, 5.74) is 1.65. The van der Waals surface area contributed by atoms with Crippen LogP contribution in [0, 0.1) is 5.82 Å². The maximum absolute atomic E-state index is 14.6. The Bertz CT molecular complexity index is 1300. The molecule has 1 aromatic heterocycles. The zero-order valence-electron chi connectivity index (χ0n) is 16.6. The number of nitrogens with zero attached hydrogens (tertiary/aromatic N) is 3. The molecular formula is C21H20FN5O3S. The Morgan fingerprint density at radius 1 is 1.06 bits per heavy atom. The van der Waals surface area contributed by atoms with E-state index in [2.05, 4.69) is 20.2 Å². The third-order valence-electron chi connectivity index (χ3n) is 5.58. The summed E-state index contributed by atoms with van der Waals surface area (Å²) in [4.78, 5) is 11.6. The first-order valence-corrected chi connectivity index (χ1v) is 11.6. The fourth-order valence-electron chi connectivity index (χ4n) is 4.03. The summed E-state index contributed by atoms with van der Waals surface area (Å²) in [5, 5.41) is 11.0. The molecule has 0 bridgehead atoms. The summed E-state index contributed by atoms with van der Waals surface area (Å²) in [6, 6.07) is 8.49. The van der Waals surface area contributed by atoms with E-state index >= 15 is 0 Å². The molecule has 2 aromatic carbocycles. The Labute approximate surface area is 178 Å². The van der Waals surface area contributed by atoms with E-state index < -0.39 is 15.8 Å². The van der Waals surface area contributed by atoms with Crippen molar-refractivity contribution in [3.05, 3.63) is 53.6 Å². The molecule has 1 amide bonds. The number of hydrogen-bond donors (Lipinski definition) is 2. The summed E-state index contributed by atoms with van der Waals surface area (Å²) < 4.78 is 44.9. The molecule has 0 unspecified atom stereocenters. The molecule has 8 nitrogen and oxygen atoms in total. The zero-order valence-corrected chi connectivity index (χ0v) is 17.4. The minimum Gasteiger partial charge on any atom is -0.326 e. The van der Waals surface area contributed by atoms with Gasteiger partial charge in [-0.15, -0.1) is 10.2 Å². The smallest absolute Gasteiger partial charge is 0.261 e. The number of fused-ring (bicyclic) bond motifs is 2. The number of carbonyl (C=O) groups is 1. The highest BCUT2D eigenvalue weighted by Crippen LogP contribution is 2.30. The zero-order chi connectivity index (χ0) is 21.6. The van der Waals surface area contributed by atoms with Crippen molar-refractivity contribution in [2.45, 2.75) is 43.5 Å². The van der Waals surface area contributed by atoms with Crippen LogP contribution in [-0.2, 0) is 34.2 Å². The van der Waals surface area contributed by atoms with Gasteiger partial charge in [0.1, 0.15) is 11.6 Å². The molecule has 0 saturated carbocycles. The fraction of sp³-hybridized carbons (Fsp3) is 0.286. The van der Waals surface area contributed by atoms with Crippen molar-refractivity contribution in [3.8, 4) is 11.4 Å². The van der Waals surface area contributed by atoms with Gasteiger partial charge in [0.05, 0.1) is 16.9 Å². The lowest BCUT2D eigenvalue weighted by atomic mass is 10.1. The van der Waals surface area contributed by atoms with Crippen LogP contribution < -0.4 is 10.0 Å². The molecular weight excluding hydrogens is 421 g/mol. The molecule has 0 fully saturated rings. The second kappa shape index (κ2) is 7.45. The van der Waals surface area contributed by atoms with Crippen LogP contribution in [0.25, 0.3) is 11.4 Å². The third-order valence-corrected chi connectivity index (χ3v) is 6.96. The molecule has 2 N–H and O–H groups in total. The molecule has 31 heavy (non-hydrogen) atoms. The van der Waals surface area contributed by atoms with Gasteiger partial charge in [-0.3, -0.25) is 9.52 Å². The number of benzene rings is 2. The predicted molar refractivity (Wildman–Crippen MR) is 113 cm³/mol. The first-order valence-electron chi connectivity index (χ1n) is 10.1. The molecule has 160 valence electrons. The van der Waals surface area contributed by atoms with Crippen LogP contribution in [0.15, 0.2) is 41.3 Å². The summed E-state index contributed by atoms with van der Waals surface area (Å²) in [7, 11) is -3.93. The van der Waals surface area contributed by atoms with E-state index in [-0.39, 0.29) is 28.5 Å². The Morgan fingerprint density at radius 3 is 2.81 bits per heavy atom. The number of aryl methyl sites for hydroxylation is 1. The van der Waals surface area contributed by atoms with E-state index in [0.29, 0.717) is 23.6 Å². The summed E-state index contributed by atoms with van der Waals surface area (Å²) in [5.74, 6) is 0.550. The van der Waals surface area contributed by atoms with Gasteiger partial charge in [-0.05, 0) is 54.8 Å². The average molecular weight is 441 g/mol. The van der Waals surface area contributed by atoms with Crippen molar-refractivity contribution in [3.63, 3.8) is 0 Å². The largest absolute Gasteiger partial charge is 0.326 e. The van der Waals surface area contributed by atoms with Gasteiger partial charge in [-0.1, -0.05) is 6.42 Å². The van der Waals surface area contributed by atoms with Crippen molar-refractivity contribution >= 4 is 27.3 Å². The number of carbonyl (C=O) groups excluding carboxylic acids is 1. The normalized spacial score (nSPS) is 15.7. The summed E-state index contributed by atoms with van der Waals surface area (Å²) in [6.07, 6.45) is 3.98. The maximum Gasteiger partial charge on any atom is 0.261 e.